The Bertz CT molecular complexity index is 525. The molecule has 1 heterocycles. The molecule has 0 atom stereocenters. The minimum absolute atomic E-state index is 0.206. The molecule has 0 N–H and O–H groups in total. The predicted molar refractivity (Wildman–Crippen MR) is 68.6 cm³/mol. The van der Waals surface area contributed by atoms with Crippen molar-refractivity contribution in [2.24, 2.45) is 0 Å². The van der Waals surface area contributed by atoms with Gasteiger partial charge in [0.2, 0.25) is 0 Å². The van der Waals surface area contributed by atoms with Crippen LogP contribution in [0.4, 0.5) is 0 Å². The van der Waals surface area contributed by atoms with Crippen molar-refractivity contribution in [3.8, 4) is 0 Å². The lowest BCUT2D eigenvalue weighted by molar-refractivity contribution is 0.443. The van der Waals surface area contributed by atoms with Crippen molar-refractivity contribution < 1.29 is 4.42 Å². The van der Waals surface area contributed by atoms with E-state index in [0.29, 0.717) is 5.56 Å². The molecule has 0 fully saturated rings. The molecule has 0 aromatic carbocycles. The van der Waals surface area contributed by atoms with Gasteiger partial charge < -0.3 is 4.42 Å². The van der Waals surface area contributed by atoms with E-state index in [1.54, 1.807) is 6.07 Å². The minimum Gasteiger partial charge on any atom is -0.386 e. The minimum atomic E-state index is -0.601. The van der Waals surface area contributed by atoms with Crippen molar-refractivity contribution in [2.45, 2.75) is 52.4 Å². The molecule has 94 valence electrons. The highest BCUT2D eigenvalue weighted by atomic mass is 16.4. The third-order valence-electron chi connectivity index (χ3n) is 2.61. The van der Waals surface area contributed by atoms with Gasteiger partial charge in [-0.3, -0.25) is 0 Å². The molecule has 17 heavy (non-hydrogen) atoms. The van der Waals surface area contributed by atoms with Crippen molar-refractivity contribution in [3.63, 3.8) is 0 Å². The second kappa shape index (κ2) is 4.13. The van der Waals surface area contributed by atoms with Gasteiger partial charge in [-0.25, -0.2) is 9.59 Å². The third kappa shape index (κ3) is 3.05. The first-order valence-electron chi connectivity index (χ1n) is 5.73. The molecule has 0 spiro atoms. The van der Waals surface area contributed by atoms with E-state index < -0.39 is 11.3 Å². The van der Waals surface area contributed by atoms with Gasteiger partial charge in [-0.15, -0.1) is 0 Å². The summed E-state index contributed by atoms with van der Waals surface area (Å²) in [4.78, 5) is 23.3. The maximum absolute atomic E-state index is 12.0. The van der Waals surface area contributed by atoms with E-state index in [4.69, 9.17) is 4.42 Å². The monoisotopic (exact) mass is 236 g/mol. The van der Waals surface area contributed by atoms with Crippen LogP contribution in [0.15, 0.2) is 26.1 Å². The Hall–Kier alpha value is -1.38. The fraction of sp³-hybridized carbons (Fsp3) is 0.571. The van der Waals surface area contributed by atoms with E-state index in [9.17, 15) is 9.59 Å². The molecule has 3 nitrogen and oxygen atoms in total. The Kier molecular flexibility index (Phi) is 3.33. The Morgan fingerprint density at radius 2 is 1.41 bits per heavy atom. The summed E-state index contributed by atoms with van der Waals surface area (Å²) in [5.41, 5.74) is -0.251. The van der Waals surface area contributed by atoms with E-state index in [1.165, 1.54) is 6.07 Å². The topological polar surface area (TPSA) is 47.3 Å². The van der Waals surface area contributed by atoms with Gasteiger partial charge in [0.05, 0.1) is 0 Å². The Morgan fingerprint density at radius 1 is 0.882 bits per heavy atom. The first-order valence-corrected chi connectivity index (χ1v) is 5.73. The van der Waals surface area contributed by atoms with Gasteiger partial charge in [0, 0.05) is 11.6 Å². The quantitative estimate of drug-likeness (QED) is 0.695. The molecule has 0 aliphatic carbocycles. The van der Waals surface area contributed by atoms with Crippen LogP contribution in [-0.4, -0.2) is 0 Å². The summed E-state index contributed by atoms with van der Waals surface area (Å²) in [5.74, 6) is 0. The first kappa shape index (κ1) is 13.7. The Balaban J connectivity index is 3.85. The van der Waals surface area contributed by atoms with E-state index in [2.05, 4.69) is 0 Å². The van der Waals surface area contributed by atoms with Crippen LogP contribution in [0.1, 0.15) is 52.7 Å². The summed E-state index contributed by atoms with van der Waals surface area (Å²) in [6.07, 6.45) is 0. The lowest BCUT2D eigenvalue weighted by Crippen LogP contribution is -2.28. The summed E-state index contributed by atoms with van der Waals surface area (Å²) < 4.78 is 4.75. The van der Waals surface area contributed by atoms with Gasteiger partial charge in [-0.1, -0.05) is 47.6 Å². The van der Waals surface area contributed by atoms with Crippen molar-refractivity contribution in [2.75, 3.05) is 0 Å². The molecule has 1 aromatic heterocycles. The molecule has 1 rings (SSSR count). The van der Waals surface area contributed by atoms with Gasteiger partial charge in [-0.05, 0) is 16.4 Å². The van der Waals surface area contributed by atoms with Crippen molar-refractivity contribution >= 4 is 0 Å². The largest absolute Gasteiger partial charge is 0.386 e. The highest BCUT2D eigenvalue weighted by Crippen LogP contribution is 2.30. The van der Waals surface area contributed by atoms with Crippen LogP contribution in [0.3, 0.4) is 0 Å². The lowest BCUT2D eigenvalue weighted by atomic mass is 9.77. The van der Waals surface area contributed by atoms with Crippen LogP contribution in [0, 0.1) is 0 Å². The summed E-state index contributed by atoms with van der Waals surface area (Å²) in [7, 11) is 0. The predicted octanol–water partition coefficient (Wildman–Crippen LogP) is 2.60. The van der Waals surface area contributed by atoms with Gasteiger partial charge >= 0.3 is 11.3 Å². The summed E-state index contributed by atoms with van der Waals surface area (Å²) >= 11 is 0. The summed E-state index contributed by atoms with van der Waals surface area (Å²) in [6, 6.07) is 3.02. The fourth-order valence-electron chi connectivity index (χ4n) is 1.86. The maximum Gasteiger partial charge on any atom is 0.342 e. The van der Waals surface area contributed by atoms with Gasteiger partial charge in [0.1, 0.15) is 0 Å². The second-order valence-corrected chi connectivity index (χ2v) is 6.33. The number of rotatable bonds is 0. The first-order chi connectivity index (χ1) is 7.53. The van der Waals surface area contributed by atoms with Gasteiger partial charge in [0.15, 0.2) is 0 Å². The molecule has 0 saturated heterocycles. The van der Waals surface area contributed by atoms with Gasteiger partial charge in [-0.2, -0.15) is 0 Å². The zero-order valence-corrected chi connectivity index (χ0v) is 11.4. The molecule has 0 aliphatic heterocycles. The molecule has 0 unspecified atom stereocenters. The third-order valence-corrected chi connectivity index (χ3v) is 2.61. The maximum atomic E-state index is 12.0. The van der Waals surface area contributed by atoms with Gasteiger partial charge in [0.25, 0.3) is 0 Å². The van der Waals surface area contributed by atoms with Crippen LogP contribution >= 0.6 is 0 Å². The molecular formula is C14H20O3. The Morgan fingerprint density at radius 3 is 1.82 bits per heavy atom. The highest BCUT2D eigenvalue weighted by Gasteiger charge is 2.28. The smallest absolute Gasteiger partial charge is 0.342 e. The molecule has 0 bridgehead atoms. The van der Waals surface area contributed by atoms with E-state index in [1.807, 2.05) is 41.5 Å². The number of hydrogen-bond acceptors (Lipinski definition) is 3. The molecule has 3 heteroatoms. The standard InChI is InChI=1S/C14H20O3/c1-13(2,3)9-7-8-10(15)17-12(16)11(9)14(4,5)6/h7-8H,1-6H3. The second-order valence-electron chi connectivity index (χ2n) is 6.33. The van der Waals surface area contributed by atoms with Crippen LogP contribution in [0.25, 0.3) is 0 Å². The fourth-order valence-corrected chi connectivity index (χ4v) is 1.86. The van der Waals surface area contributed by atoms with Crippen molar-refractivity contribution in [3.05, 3.63) is 44.1 Å². The molecule has 0 aliphatic rings. The molecule has 1 aromatic rings. The average molecular weight is 236 g/mol. The highest BCUT2D eigenvalue weighted by molar-refractivity contribution is 5.33. The molecule has 0 saturated carbocycles. The van der Waals surface area contributed by atoms with E-state index in [-0.39, 0.29) is 10.8 Å². The normalized spacial score (nSPS) is 12.6. The van der Waals surface area contributed by atoms with Crippen molar-refractivity contribution in [1.29, 1.82) is 0 Å². The molecule has 0 radical (unpaired) electrons. The van der Waals surface area contributed by atoms with Crippen LogP contribution in [-0.2, 0) is 10.8 Å². The van der Waals surface area contributed by atoms with Crippen molar-refractivity contribution in [1.82, 2.24) is 0 Å². The van der Waals surface area contributed by atoms with Crippen LogP contribution in [0.2, 0.25) is 0 Å². The SMILES string of the molecule is CC(C)(C)c1ccc(=O)oc(=O)c1C(C)(C)C. The zero-order valence-electron chi connectivity index (χ0n) is 11.4. The lowest BCUT2D eigenvalue weighted by Gasteiger charge is -2.26. The Labute approximate surface area is 101 Å². The van der Waals surface area contributed by atoms with E-state index >= 15 is 0 Å². The van der Waals surface area contributed by atoms with Crippen LogP contribution in [0.5, 0.6) is 0 Å². The average Bonchev–Trinajstić information content (AvgIpc) is 2.20. The molecular weight excluding hydrogens is 216 g/mol. The summed E-state index contributed by atoms with van der Waals surface area (Å²) in [6.45, 7) is 11.9. The van der Waals surface area contributed by atoms with E-state index in [0.717, 1.165) is 5.56 Å². The molecule has 0 amide bonds. The number of hydrogen-bond donors (Lipinski definition) is 0. The summed E-state index contributed by atoms with van der Waals surface area (Å²) in [5, 5.41) is 0. The zero-order chi connectivity index (χ0) is 13.4. The van der Waals surface area contributed by atoms with Crippen LogP contribution < -0.4 is 11.3 Å².